The van der Waals surface area contributed by atoms with Crippen molar-refractivity contribution in [2.75, 3.05) is 18.0 Å². The summed E-state index contributed by atoms with van der Waals surface area (Å²) in [5.41, 5.74) is -0.00759. The first kappa shape index (κ1) is 14.3. The van der Waals surface area contributed by atoms with Gasteiger partial charge in [0.1, 0.15) is 5.82 Å². The summed E-state index contributed by atoms with van der Waals surface area (Å²) in [6.45, 7) is 1.57. The highest BCUT2D eigenvalue weighted by atomic mass is 19.1. The van der Waals surface area contributed by atoms with Crippen LogP contribution in [0.3, 0.4) is 0 Å². The summed E-state index contributed by atoms with van der Waals surface area (Å²) < 4.78 is 16.2. The van der Waals surface area contributed by atoms with E-state index in [9.17, 15) is 9.18 Å². The van der Waals surface area contributed by atoms with Crippen LogP contribution >= 0.6 is 0 Å². The monoisotopic (exact) mass is 318 g/mol. The molecule has 3 heterocycles. The predicted octanol–water partition coefficient (Wildman–Crippen LogP) is 1.23. The molecule has 2 aliphatic rings. The lowest BCUT2D eigenvalue weighted by Gasteiger charge is -2.31. The van der Waals surface area contributed by atoms with Crippen molar-refractivity contribution < 1.29 is 4.39 Å². The van der Waals surface area contributed by atoms with Crippen molar-refractivity contribution in [1.82, 2.24) is 24.3 Å². The first-order valence-electron chi connectivity index (χ1n) is 8.01. The Morgan fingerprint density at radius 1 is 1.13 bits per heavy atom. The lowest BCUT2D eigenvalue weighted by molar-refractivity contribution is 0.458. The van der Waals surface area contributed by atoms with Crippen LogP contribution in [0.15, 0.2) is 17.2 Å². The van der Waals surface area contributed by atoms with Crippen molar-refractivity contribution >= 4 is 5.95 Å². The molecular weight excluding hydrogens is 299 g/mol. The van der Waals surface area contributed by atoms with Crippen LogP contribution in [0.4, 0.5) is 10.3 Å². The van der Waals surface area contributed by atoms with Gasteiger partial charge in [-0.2, -0.15) is 5.10 Å². The van der Waals surface area contributed by atoms with Crippen molar-refractivity contribution in [3.8, 4) is 0 Å². The van der Waals surface area contributed by atoms with Crippen molar-refractivity contribution in [3.05, 3.63) is 34.5 Å². The van der Waals surface area contributed by atoms with Crippen LogP contribution in [0.1, 0.15) is 43.5 Å². The fourth-order valence-electron chi connectivity index (χ4n) is 3.26. The summed E-state index contributed by atoms with van der Waals surface area (Å²) in [5.74, 6) is 1.33. The number of aromatic nitrogens is 5. The average molecular weight is 318 g/mol. The second-order valence-electron chi connectivity index (χ2n) is 6.33. The molecule has 7 nitrogen and oxygen atoms in total. The van der Waals surface area contributed by atoms with Crippen LogP contribution in [-0.2, 0) is 7.05 Å². The van der Waals surface area contributed by atoms with E-state index >= 15 is 0 Å². The second kappa shape index (κ2) is 5.43. The maximum atomic E-state index is 12.9. The number of aryl methyl sites for hydroxylation is 1. The Kier molecular flexibility index (Phi) is 3.39. The van der Waals surface area contributed by atoms with E-state index in [1.807, 2.05) is 4.57 Å². The Hall–Kier alpha value is -2.25. The fraction of sp³-hybridized carbons (Fsp3) is 0.600. The van der Waals surface area contributed by atoms with E-state index < -0.39 is 5.82 Å². The molecule has 0 spiro atoms. The zero-order chi connectivity index (χ0) is 16.0. The van der Waals surface area contributed by atoms with Crippen molar-refractivity contribution in [1.29, 1.82) is 0 Å². The van der Waals surface area contributed by atoms with Crippen molar-refractivity contribution in [3.63, 3.8) is 0 Å². The highest BCUT2D eigenvalue weighted by molar-refractivity contribution is 5.30. The maximum absolute atomic E-state index is 12.9. The van der Waals surface area contributed by atoms with E-state index in [4.69, 9.17) is 0 Å². The smallest absolute Gasteiger partial charge is 0.341 e. The van der Waals surface area contributed by atoms with Crippen LogP contribution in [0.25, 0.3) is 0 Å². The third-order valence-electron chi connectivity index (χ3n) is 4.64. The highest BCUT2D eigenvalue weighted by Gasteiger charge is 2.33. The Morgan fingerprint density at radius 3 is 2.39 bits per heavy atom. The molecule has 0 atom stereocenters. The van der Waals surface area contributed by atoms with E-state index in [1.54, 1.807) is 7.05 Å². The van der Waals surface area contributed by atoms with Gasteiger partial charge in [-0.05, 0) is 25.7 Å². The Labute approximate surface area is 132 Å². The van der Waals surface area contributed by atoms with Gasteiger partial charge in [-0.1, -0.05) is 0 Å². The lowest BCUT2D eigenvalue weighted by Crippen LogP contribution is -2.35. The molecule has 4 rings (SSSR count). The molecule has 1 aliphatic heterocycles. The molecule has 2 aromatic rings. The number of piperidine rings is 1. The van der Waals surface area contributed by atoms with Crippen LogP contribution in [0.5, 0.6) is 0 Å². The third kappa shape index (κ3) is 2.62. The van der Waals surface area contributed by atoms with Crippen LogP contribution in [-0.4, -0.2) is 37.4 Å². The molecule has 1 saturated heterocycles. The molecule has 122 valence electrons. The van der Waals surface area contributed by atoms with E-state index in [2.05, 4.69) is 20.0 Å². The molecule has 0 aromatic carbocycles. The normalized spacial score (nSPS) is 19.3. The van der Waals surface area contributed by atoms with E-state index in [0.717, 1.165) is 44.6 Å². The molecule has 1 saturated carbocycles. The number of hydrogen-bond acceptors (Lipinski definition) is 5. The summed E-state index contributed by atoms with van der Waals surface area (Å²) in [7, 11) is 1.71. The second-order valence-corrected chi connectivity index (χ2v) is 6.33. The lowest BCUT2D eigenvalue weighted by atomic mass is 9.96. The summed E-state index contributed by atoms with van der Waals surface area (Å²) in [5, 5.41) is 4.47. The molecule has 23 heavy (non-hydrogen) atoms. The maximum Gasteiger partial charge on any atom is 0.345 e. The number of anilines is 1. The van der Waals surface area contributed by atoms with Gasteiger partial charge in [-0.25, -0.2) is 23.8 Å². The number of halogens is 1. The zero-order valence-electron chi connectivity index (χ0n) is 13.0. The van der Waals surface area contributed by atoms with Gasteiger partial charge in [-0.3, -0.25) is 4.57 Å². The van der Waals surface area contributed by atoms with Crippen LogP contribution < -0.4 is 10.6 Å². The topological polar surface area (TPSA) is 68.8 Å². The van der Waals surface area contributed by atoms with Crippen LogP contribution in [0, 0.1) is 5.82 Å². The van der Waals surface area contributed by atoms with Crippen molar-refractivity contribution in [2.45, 2.75) is 37.6 Å². The number of rotatable bonds is 3. The minimum absolute atomic E-state index is 0.00759. The van der Waals surface area contributed by atoms with Gasteiger partial charge < -0.3 is 4.90 Å². The molecule has 0 radical (unpaired) electrons. The predicted molar refractivity (Wildman–Crippen MR) is 81.9 cm³/mol. The van der Waals surface area contributed by atoms with Gasteiger partial charge in [0.2, 0.25) is 5.95 Å². The standard InChI is InChI=1S/C15H19FN6O/c1-20-15(23)22(12-2-3-12)13(19-20)10-4-6-21(7-5-10)14-17-8-11(16)9-18-14/h8-10,12H,2-7H2,1H3. The summed E-state index contributed by atoms with van der Waals surface area (Å²) >= 11 is 0. The quantitative estimate of drug-likeness (QED) is 0.851. The van der Waals surface area contributed by atoms with Gasteiger partial charge in [-0.15, -0.1) is 0 Å². The molecular formula is C15H19FN6O. The molecule has 2 fully saturated rings. The van der Waals surface area contributed by atoms with E-state index in [1.165, 1.54) is 17.1 Å². The molecule has 2 aromatic heterocycles. The third-order valence-corrected chi connectivity index (χ3v) is 4.64. The van der Waals surface area contributed by atoms with Gasteiger partial charge in [0, 0.05) is 32.1 Å². The minimum atomic E-state index is -0.425. The first-order chi connectivity index (χ1) is 11.1. The largest absolute Gasteiger partial charge is 0.345 e. The van der Waals surface area contributed by atoms with Crippen molar-refractivity contribution in [2.24, 2.45) is 7.05 Å². The fourth-order valence-corrected chi connectivity index (χ4v) is 3.26. The van der Waals surface area contributed by atoms with E-state index in [0.29, 0.717) is 12.0 Å². The first-order valence-corrected chi connectivity index (χ1v) is 8.01. The molecule has 0 unspecified atom stereocenters. The Morgan fingerprint density at radius 2 is 1.78 bits per heavy atom. The van der Waals surface area contributed by atoms with E-state index in [-0.39, 0.29) is 11.6 Å². The average Bonchev–Trinajstić information content (AvgIpc) is 3.35. The Bertz CT molecular complexity index is 755. The summed E-state index contributed by atoms with van der Waals surface area (Å²) in [6, 6.07) is 0.338. The van der Waals surface area contributed by atoms with Crippen LogP contribution in [0.2, 0.25) is 0 Å². The molecule has 0 amide bonds. The SMILES string of the molecule is Cn1nc(C2CCN(c3ncc(F)cn3)CC2)n(C2CC2)c1=O. The number of hydrogen-bond donors (Lipinski definition) is 0. The molecule has 1 aliphatic carbocycles. The van der Waals surface area contributed by atoms with Gasteiger partial charge in [0.25, 0.3) is 0 Å². The summed E-state index contributed by atoms with van der Waals surface area (Å²) in [4.78, 5) is 22.4. The van der Waals surface area contributed by atoms with Gasteiger partial charge in [0.15, 0.2) is 5.82 Å². The highest BCUT2D eigenvalue weighted by Crippen LogP contribution is 2.37. The number of nitrogens with zero attached hydrogens (tertiary/aromatic N) is 6. The Balaban J connectivity index is 1.51. The molecule has 0 N–H and O–H groups in total. The minimum Gasteiger partial charge on any atom is -0.341 e. The zero-order valence-corrected chi connectivity index (χ0v) is 13.0. The molecule has 0 bridgehead atoms. The summed E-state index contributed by atoms with van der Waals surface area (Å²) in [6.07, 6.45) is 6.31. The van der Waals surface area contributed by atoms with Gasteiger partial charge >= 0.3 is 5.69 Å². The van der Waals surface area contributed by atoms with Gasteiger partial charge in [0.05, 0.1) is 12.4 Å². The molecule has 8 heteroatoms.